The lowest BCUT2D eigenvalue weighted by molar-refractivity contribution is 0.282. The molecule has 0 bridgehead atoms. The van der Waals surface area contributed by atoms with E-state index in [4.69, 9.17) is 10.4 Å². The van der Waals surface area contributed by atoms with E-state index in [9.17, 15) is 0 Å². The third kappa shape index (κ3) is 1.91. The van der Waals surface area contributed by atoms with E-state index < -0.39 is 0 Å². The van der Waals surface area contributed by atoms with Crippen molar-refractivity contribution in [3.8, 4) is 16.6 Å². The van der Waals surface area contributed by atoms with Gasteiger partial charge in [0.1, 0.15) is 12.2 Å². The average molecular weight is 219 g/mol. The van der Waals surface area contributed by atoms with Crippen molar-refractivity contribution in [1.29, 1.82) is 5.26 Å². The molecule has 15 heavy (non-hydrogen) atoms. The van der Waals surface area contributed by atoms with Crippen molar-refractivity contribution in [3.63, 3.8) is 0 Å². The molecule has 0 saturated heterocycles. The summed E-state index contributed by atoms with van der Waals surface area (Å²) in [5.74, 6) is 0. The molecule has 4 nitrogen and oxygen atoms in total. The van der Waals surface area contributed by atoms with Crippen LogP contribution in [0.5, 0.6) is 0 Å². The smallest absolute Gasteiger partial charge is 0.128 e. The Hall–Kier alpha value is -1.64. The van der Waals surface area contributed by atoms with Gasteiger partial charge in [0, 0.05) is 11.8 Å². The van der Waals surface area contributed by atoms with Gasteiger partial charge in [-0.05, 0) is 11.4 Å². The van der Waals surface area contributed by atoms with Gasteiger partial charge in [-0.2, -0.15) is 10.4 Å². The van der Waals surface area contributed by atoms with Gasteiger partial charge in [-0.1, -0.05) is 6.07 Å². The highest BCUT2D eigenvalue weighted by atomic mass is 32.1. The molecule has 76 valence electrons. The Morgan fingerprint density at radius 1 is 1.60 bits per heavy atom. The van der Waals surface area contributed by atoms with Gasteiger partial charge in [-0.25, -0.2) is 0 Å². The summed E-state index contributed by atoms with van der Waals surface area (Å²) in [5.41, 5.74) is 1.52. The number of hydrogen-bond donors (Lipinski definition) is 1. The minimum atomic E-state index is -0.0569. The molecule has 2 aromatic heterocycles. The lowest BCUT2D eigenvalue weighted by atomic mass is 10.2. The van der Waals surface area contributed by atoms with Crippen molar-refractivity contribution >= 4 is 11.3 Å². The van der Waals surface area contributed by atoms with E-state index in [1.807, 2.05) is 23.6 Å². The third-order valence-electron chi connectivity index (χ3n) is 2.00. The predicted octanol–water partition coefficient (Wildman–Crippen LogP) is 1.63. The highest BCUT2D eigenvalue weighted by Gasteiger charge is 2.10. The van der Waals surface area contributed by atoms with E-state index in [0.717, 1.165) is 16.1 Å². The molecule has 0 fully saturated rings. The summed E-state index contributed by atoms with van der Waals surface area (Å²) in [5, 5.41) is 23.9. The second-order valence-electron chi connectivity index (χ2n) is 2.99. The molecule has 0 aromatic carbocycles. The van der Waals surface area contributed by atoms with E-state index >= 15 is 0 Å². The molecule has 2 heterocycles. The predicted molar refractivity (Wildman–Crippen MR) is 57.1 cm³/mol. The average Bonchev–Trinajstić information content (AvgIpc) is 2.84. The Bertz CT molecular complexity index is 481. The molecule has 0 spiro atoms. The molecule has 0 radical (unpaired) electrons. The second-order valence-corrected chi connectivity index (χ2v) is 3.94. The fraction of sp³-hybridized carbons (Fsp3) is 0.200. The monoisotopic (exact) mass is 219 g/mol. The van der Waals surface area contributed by atoms with Crippen LogP contribution in [0.15, 0.2) is 23.7 Å². The van der Waals surface area contributed by atoms with E-state index in [0.29, 0.717) is 0 Å². The Morgan fingerprint density at radius 3 is 3.07 bits per heavy atom. The van der Waals surface area contributed by atoms with Gasteiger partial charge in [-0.15, -0.1) is 11.3 Å². The van der Waals surface area contributed by atoms with Crippen LogP contribution in [0.25, 0.3) is 10.6 Å². The largest absolute Gasteiger partial charge is 0.392 e. The molecule has 2 rings (SSSR count). The van der Waals surface area contributed by atoms with E-state index in [1.165, 1.54) is 0 Å². The van der Waals surface area contributed by atoms with Gasteiger partial charge in [0.05, 0.1) is 17.6 Å². The van der Waals surface area contributed by atoms with Crippen molar-refractivity contribution in [1.82, 2.24) is 9.78 Å². The maximum absolute atomic E-state index is 9.17. The summed E-state index contributed by atoms with van der Waals surface area (Å²) >= 11 is 1.57. The Labute approximate surface area is 91.0 Å². The molecule has 0 atom stereocenters. The van der Waals surface area contributed by atoms with Crippen LogP contribution in [0.4, 0.5) is 0 Å². The van der Waals surface area contributed by atoms with E-state index in [2.05, 4.69) is 5.10 Å². The maximum Gasteiger partial charge on any atom is 0.128 e. The van der Waals surface area contributed by atoms with Crippen molar-refractivity contribution < 1.29 is 5.11 Å². The minimum Gasteiger partial charge on any atom is -0.392 e. The second kappa shape index (κ2) is 4.26. The zero-order valence-electron chi connectivity index (χ0n) is 7.92. The van der Waals surface area contributed by atoms with Crippen molar-refractivity contribution in [3.05, 3.63) is 29.3 Å². The number of aliphatic hydroxyl groups is 1. The first-order valence-corrected chi connectivity index (χ1v) is 5.31. The summed E-state index contributed by atoms with van der Waals surface area (Å²) in [6, 6.07) is 5.90. The number of aliphatic hydroxyl groups excluding tert-OH is 1. The van der Waals surface area contributed by atoms with Crippen molar-refractivity contribution in [2.45, 2.75) is 13.2 Å². The molecule has 1 N–H and O–H groups in total. The Kier molecular flexibility index (Phi) is 2.81. The quantitative estimate of drug-likeness (QED) is 0.853. The molecule has 0 aliphatic rings. The van der Waals surface area contributed by atoms with Crippen LogP contribution in [0.3, 0.4) is 0 Å². The summed E-state index contributed by atoms with van der Waals surface area (Å²) in [6.07, 6.45) is 1.71. The van der Waals surface area contributed by atoms with Crippen molar-refractivity contribution in [2.75, 3.05) is 0 Å². The fourth-order valence-corrected chi connectivity index (χ4v) is 2.10. The number of hydrogen-bond acceptors (Lipinski definition) is 4. The highest BCUT2D eigenvalue weighted by molar-refractivity contribution is 7.13. The number of nitriles is 1. The summed E-state index contributed by atoms with van der Waals surface area (Å²) in [7, 11) is 0. The Morgan fingerprint density at radius 2 is 2.47 bits per heavy atom. The van der Waals surface area contributed by atoms with Crippen LogP contribution < -0.4 is 0 Å². The van der Waals surface area contributed by atoms with Crippen LogP contribution in [-0.2, 0) is 13.2 Å². The summed E-state index contributed by atoms with van der Waals surface area (Å²) in [4.78, 5) is 1.01. The van der Waals surface area contributed by atoms with Crippen LogP contribution in [-0.4, -0.2) is 14.9 Å². The zero-order chi connectivity index (χ0) is 10.7. The van der Waals surface area contributed by atoms with Gasteiger partial charge in [-0.3, -0.25) is 4.68 Å². The lowest BCUT2D eigenvalue weighted by Crippen LogP contribution is -1.95. The fourth-order valence-electron chi connectivity index (χ4n) is 1.35. The van der Waals surface area contributed by atoms with Crippen molar-refractivity contribution in [2.24, 2.45) is 0 Å². The van der Waals surface area contributed by atoms with E-state index in [1.54, 1.807) is 22.2 Å². The number of nitrogens with zero attached hydrogens (tertiary/aromatic N) is 3. The molecule has 2 aromatic rings. The first-order valence-electron chi connectivity index (χ1n) is 4.43. The SMILES string of the molecule is N#CCn1cc(CO)c(-c2cccs2)n1. The van der Waals surface area contributed by atoms with Gasteiger partial charge in [0.15, 0.2) is 0 Å². The lowest BCUT2D eigenvalue weighted by Gasteiger charge is -1.93. The van der Waals surface area contributed by atoms with E-state index in [-0.39, 0.29) is 13.2 Å². The number of rotatable bonds is 3. The molecule has 0 unspecified atom stereocenters. The van der Waals surface area contributed by atoms with Crippen LogP contribution in [0, 0.1) is 11.3 Å². The van der Waals surface area contributed by atoms with Crippen LogP contribution >= 0.6 is 11.3 Å². The molecular formula is C10H9N3OS. The molecule has 0 amide bonds. The maximum atomic E-state index is 9.17. The zero-order valence-corrected chi connectivity index (χ0v) is 8.74. The highest BCUT2D eigenvalue weighted by Crippen LogP contribution is 2.26. The van der Waals surface area contributed by atoms with Gasteiger partial charge in [0.2, 0.25) is 0 Å². The summed E-state index contributed by atoms with van der Waals surface area (Å²) < 4.78 is 1.54. The van der Waals surface area contributed by atoms with Crippen LogP contribution in [0.2, 0.25) is 0 Å². The first kappa shape index (κ1) is 9.90. The summed E-state index contributed by atoms with van der Waals surface area (Å²) in [6.45, 7) is 0.150. The third-order valence-corrected chi connectivity index (χ3v) is 2.87. The molecule has 0 aliphatic carbocycles. The molecular weight excluding hydrogens is 210 g/mol. The topological polar surface area (TPSA) is 61.8 Å². The molecule has 0 saturated carbocycles. The molecule has 0 aliphatic heterocycles. The normalized spacial score (nSPS) is 10.1. The standard InChI is InChI=1S/C10H9N3OS/c11-3-4-13-6-8(7-14)10(12-13)9-2-1-5-15-9/h1-2,5-6,14H,4,7H2. The number of thiophene rings is 1. The number of aromatic nitrogens is 2. The van der Waals surface area contributed by atoms with Gasteiger partial charge >= 0.3 is 0 Å². The molecule has 5 heteroatoms. The minimum absolute atomic E-state index is 0.0569. The van der Waals surface area contributed by atoms with Crippen LogP contribution in [0.1, 0.15) is 5.56 Å². The van der Waals surface area contributed by atoms with Gasteiger partial charge in [0.25, 0.3) is 0 Å². The first-order chi connectivity index (χ1) is 7.35. The van der Waals surface area contributed by atoms with Gasteiger partial charge < -0.3 is 5.11 Å². The Balaban J connectivity index is 2.42.